The van der Waals surface area contributed by atoms with Gasteiger partial charge in [-0.3, -0.25) is 9.69 Å². The van der Waals surface area contributed by atoms with Gasteiger partial charge in [-0.2, -0.15) is 0 Å². The first-order valence-corrected chi connectivity index (χ1v) is 12.3. The van der Waals surface area contributed by atoms with Gasteiger partial charge in [0, 0.05) is 58.9 Å². The van der Waals surface area contributed by atoms with Gasteiger partial charge < -0.3 is 9.55 Å². The second kappa shape index (κ2) is 8.68. The van der Waals surface area contributed by atoms with Crippen LogP contribution in [-0.2, 0) is 18.3 Å². The highest BCUT2D eigenvalue weighted by atomic mass is 16.2. The molecule has 6 rings (SSSR count). The number of nitrogens with one attached hydrogen (secondary N) is 1. The third-order valence-electron chi connectivity index (χ3n) is 7.00. The molecule has 5 aromatic rings. The Morgan fingerprint density at radius 2 is 1.72 bits per heavy atom. The number of aliphatic imine (C=N–C) groups is 1. The maximum Gasteiger partial charge on any atom is 0.278 e. The van der Waals surface area contributed by atoms with Gasteiger partial charge in [0.05, 0.1) is 0 Å². The summed E-state index contributed by atoms with van der Waals surface area (Å²) in [6.07, 6.45) is 6.78. The Kier molecular flexibility index (Phi) is 5.33. The normalized spacial score (nSPS) is 15.0. The van der Waals surface area contributed by atoms with E-state index in [-0.39, 0.29) is 5.91 Å². The Morgan fingerprint density at radius 1 is 0.944 bits per heavy atom. The van der Waals surface area contributed by atoms with Crippen molar-refractivity contribution in [3.05, 3.63) is 113 Å². The number of H-pyrrole nitrogens is 1. The minimum atomic E-state index is -0.0606. The molecule has 3 heterocycles. The molecule has 1 aliphatic rings. The number of para-hydroxylation sites is 1. The van der Waals surface area contributed by atoms with E-state index >= 15 is 0 Å². The van der Waals surface area contributed by atoms with Crippen LogP contribution in [0.4, 0.5) is 0 Å². The van der Waals surface area contributed by atoms with Crippen molar-refractivity contribution in [2.45, 2.75) is 20.3 Å². The molecule has 1 amide bonds. The summed E-state index contributed by atoms with van der Waals surface area (Å²) in [5.74, 6) is 0.650. The zero-order chi connectivity index (χ0) is 24.8. The topological polar surface area (TPSA) is 53.4 Å². The molecule has 0 bridgehead atoms. The van der Waals surface area contributed by atoms with Gasteiger partial charge in [0.1, 0.15) is 11.5 Å². The number of rotatable bonds is 5. The summed E-state index contributed by atoms with van der Waals surface area (Å²) < 4.78 is 2.09. The summed E-state index contributed by atoms with van der Waals surface area (Å²) in [5.41, 5.74) is 8.27. The minimum absolute atomic E-state index is 0.0606. The van der Waals surface area contributed by atoms with Crippen molar-refractivity contribution in [1.29, 1.82) is 0 Å². The lowest BCUT2D eigenvalue weighted by atomic mass is 10.1. The standard InChI is InChI=1S/C31H28N4O/c1-20-8-11-22(12-9-20)30-33-28(17-24-19-34(3)29-7-5-4-6-25(24)29)31(36)35(30)15-14-23-18-32-27-13-10-21(2)16-26(23)27/h4-13,16-19,32H,14-15H2,1-3H3/b28-17-. The summed E-state index contributed by atoms with van der Waals surface area (Å²) in [6.45, 7) is 4.72. The molecule has 1 N–H and O–H groups in total. The molecule has 5 nitrogen and oxygen atoms in total. The predicted molar refractivity (Wildman–Crippen MR) is 147 cm³/mol. The molecule has 5 heteroatoms. The Balaban J connectivity index is 1.37. The van der Waals surface area contributed by atoms with Gasteiger partial charge in [-0.05, 0) is 50.1 Å². The molecule has 0 saturated heterocycles. The monoisotopic (exact) mass is 472 g/mol. The number of hydrogen-bond acceptors (Lipinski definition) is 2. The van der Waals surface area contributed by atoms with Crippen LogP contribution >= 0.6 is 0 Å². The van der Waals surface area contributed by atoms with Gasteiger partial charge in [-0.25, -0.2) is 4.99 Å². The SMILES string of the molecule is Cc1ccc(C2=N/C(=C\c3cn(C)c4ccccc34)C(=O)N2CCc2c[nH]c3ccc(C)cc23)cc1. The lowest BCUT2D eigenvalue weighted by Crippen LogP contribution is -2.34. The first-order valence-electron chi connectivity index (χ1n) is 12.3. The van der Waals surface area contributed by atoms with Crippen LogP contribution in [0.1, 0.15) is 27.8 Å². The number of benzene rings is 3. The van der Waals surface area contributed by atoms with Crippen molar-refractivity contribution in [2.75, 3.05) is 6.54 Å². The number of carbonyl (C=O) groups excluding carboxylic acids is 1. The number of nitrogens with zero attached hydrogens (tertiary/aromatic N) is 3. The summed E-state index contributed by atoms with van der Waals surface area (Å²) in [7, 11) is 2.02. The molecule has 0 atom stereocenters. The molecule has 2 aromatic heterocycles. The lowest BCUT2D eigenvalue weighted by molar-refractivity contribution is -0.122. The van der Waals surface area contributed by atoms with Gasteiger partial charge in [-0.15, -0.1) is 0 Å². The van der Waals surface area contributed by atoms with E-state index in [0.717, 1.165) is 34.0 Å². The van der Waals surface area contributed by atoms with E-state index in [1.807, 2.05) is 42.3 Å². The van der Waals surface area contributed by atoms with Gasteiger partial charge in [0.15, 0.2) is 0 Å². The lowest BCUT2D eigenvalue weighted by Gasteiger charge is -2.18. The Bertz CT molecular complexity index is 1680. The van der Waals surface area contributed by atoms with Crippen LogP contribution in [0, 0.1) is 13.8 Å². The number of hydrogen-bond donors (Lipinski definition) is 1. The predicted octanol–water partition coefficient (Wildman–Crippen LogP) is 6.15. The van der Waals surface area contributed by atoms with E-state index in [1.54, 1.807) is 0 Å². The van der Waals surface area contributed by atoms with E-state index in [4.69, 9.17) is 4.99 Å². The maximum atomic E-state index is 13.7. The molecule has 178 valence electrons. The van der Waals surface area contributed by atoms with Crippen LogP contribution in [0.15, 0.2) is 89.8 Å². The molecule has 0 saturated carbocycles. The third-order valence-corrected chi connectivity index (χ3v) is 7.00. The second-order valence-corrected chi connectivity index (χ2v) is 9.61. The van der Waals surface area contributed by atoms with E-state index in [2.05, 4.69) is 78.3 Å². The van der Waals surface area contributed by atoms with Crippen LogP contribution in [-0.4, -0.2) is 32.7 Å². The summed E-state index contributed by atoms with van der Waals surface area (Å²) in [6, 6.07) is 22.9. The molecule has 3 aromatic carbocycles. The van der Waals surface area contributed by atoms with Crippen molar-refractivity contribution in [1.82, 2.24) is 14.5 Å². The van der Waals surface area contributed by atoms with Crippen molar-refractivity contribution in [3.8, 4) is 0 Å². The molecule has 0 radical (unpaired) electrons. The molecule has 0 aliphatic carbocycles. The summed E-state index contributed by atoms with van der Waals surface area (Å²) >= 11 is 0. The first kappa shape index (κ1) is 22.1. The van der Waals surface area contributed by atoms with E-state index in [0.29, 0.717) is 18.1 Å². The maximum absolute atomic E-state index is 13.7. The largest absolute Gasteiger partial charge is 0.361 e. The van der Waals surface area contributed by atoms with Crippen LogP contribution < -0.4 is 0 Å². The van der Waals surface area contributed by atoms with Crippen molar-refractivity contribution < 1.29 is 4.79 Å². The highest BCUT2D eigenvalue weighted by Gasteiger charge is 2.31. The quantitative estimate of drug-likeness (QED) is 0.307. The zero-order valence-electron chi connectivity index (χ0n) is 20.7. The molecular formula is C31H28N4O. The van der Waals surface area contributed by atoms with E-state index < -0.39 is 0 Å². The van der Waals surface area contributed by atoms with Gasteiger partial charge in [-0.1, -0.05) is 59.7 Å². The zero-order valence-corrected chi connectivity index (χ0v) is 20.7. The van der Waals surface area contributed by atoms with Crippen LogP contribution in [0.2, 0.25) is 0 Å². The van der Waals surface area contributed by atoms with Crippen LogP contribution in [0.5, 0.6) is 0 Å². The van der Waals surface area contributed by atoms with Crippen LogP contribution in [0.3, 0.4) is 0 Å². The van der Waals surface area contributed by atoms with Crippen molar-refractivity contribution >= 4 is 39.6 Å². The number of carbonyl (C=O) groups is 1. The number of aryl methyl sites for hydroxylation is 3. The van der Waals surface area contributed by atoms with E-state index in [1.165, 1.54) is 22.1 Å². The first-order chi connectivity index (χ1) is 17.5. The molecule has 0 spiro atoms. The summed E-state index contributed by atoms with van der Waals surface area (Å²) in [4.78, 5) is 23.8. The average Bonchev–Trinajstić information content (AvgIpc) is 3.53. The number of amidine groups is 1. The smallest absolute Gasteiger partial charge is 0.278 e. The van der Waals surface area contributed by atoms with Crippen LogP contribution in [0.25, 0.3) is 27.9 Å². The molecule has 0 unspecified atom stereocenters. The van der Waals surface area contributed by atoms with E-state index in [9.17, 15) is 4.79 Å². The Labute approximate surface area is 210 Å². The molecule has 1 aliphatic heterocycles. The number of fused-ring (bicyclic) bond motifs is 2. The average molecular weight is 473 g/mol. The highest BCUT2D eigenvalue weighted by molar-refractivity contribution is 6.20. The molecule has 36 heavy (non-hydrogen) atoms. The number of amides is 1. The van der Waals surface area contributed by atoms with Gasteiger partial charge in [0.25, 0.3) is 5.91 Å². The fourth-order valence-corrected chi connectivity index (χ4v) is 5.05. The molecular weight excluding hydrogens is 444 g/mol. The van der Waals surface area contributed by atoms with Crippen molar-refractivity contribution in [3.63, 3.8) is 0 Å². The fourth-order valence-electron chi connectivity index (χ4n) is 5.05. The second-order valence-electron chi connectivity index (χ2n) is 9.61. The number of aromatic nitrogens is 2. The molecule has 0 fully saturated rings. The van der Waals surface area contributed by atoms with Gasteiger partial charge in [0.2, 0.25) is 0 Å². The number of aromatic amines is 1. The minimum Gasteiger partial charge on any atom is -0.361 e. The Hall–Kier alpha value is -4.38. The van der Waals surface area contributed by atoms with Gasteiger partial charge >= 0.3 is 0 Å². The Morgan fingerprint density at radius 3 is 2.56 bits per heavy atom. The fraction of sp³-hybridized carbons (Fsp3) is 0.161. The van der Waals surface area contributed by atoms with Crippen molar-refractivity contribution in [2.24, 2.45) is 12.0 Å². The third kappa shape index (κ3) is 3.83. The highest BCUT2D eigenvalue weighted by Crippen LogP contribution is 2.28. The summed E-state index contributed by atoms with van der Waals surface area (Å²) in [5, 5.41) is 2.32.